The quantitative estimate of drug-likeness (QED) is 0.312. The minimum atomic E-state index is -1.01. The second-order valence-electron chi connectivity index (χ2n) is 5.25. The maximum Gasteiger partial charge on any atom is 0.330 e. The first kappa shape index (κ1) is 17.7. The van der Waals surface area contributed by atoms with E-state index in [1.54, 1.807) is 0 Å². The number of carbonyl (C=O) groups is 1. The molecule has 0 aliphatic carbocycles. The number of aromatic amines is 1. The third-order valence-electron chi connectivity index (χ3n) is 3.71. The molecule has 1 aliphatic heterocycles. The van der Waals surface area contributed by atoms with E-state index in [9.17, 15) is 19.5 Å². The number of nitrogens with zero attached hydrogens (tertiary/aromatic N) is 4. The lowest BCUT2D eigenvalue weighted by atomic mass is 9.94. The van der Waals surface area contributed by atoms with Crippen molar-refractivity contribution in [1.29, 1.82) is 0 Å². The molecular formula is C13H17N5O6. The van der Waals surface area contributed by atoms with E-state index < -0.39 is 41.6 Å². The molecule has 0 amide bonds. The average molecular weight is 339 g/mol. The minimum Gasteiger partial charge on any atom is -0.457 e. The standard InChI is InChI=1S/C13H17N5O6/c1-7(20)23-11-8(3-5-19)9(6-15-17-14)24-12(11)18-4-2-10(21)16-13(18)22/h2,4,8-9,11-12,19H,3,5-6H2,1H3,(H,16,21,22)/t8-,9-,11-,12-/m1/s1. The fourth-order valence-electron chi connectivity index (χ4n) is 2.76. The van der Waals surface area contributed by atoms with Gasteiger partial charge in [0.1, 0.15) is 0 Å². The van der Waals surface area contributed by atoms with Crippen molar-refractivity contribution in [2.24, 2.45) is 11.0 Å². The smallest absolute Gasteiger partial charge is 0.330 e. The molecule has 1 fully saturated rings. The number of azide groups is 1. The van der Waals surface area contributed by atoms with Gasteiger partial charge in [-0.25, -0.2) is 4.79 Å². The molecule has 0 radical (unpaired) electrons. The third-order valence-corrected chi connectivity index (χ3v) is 3.71. The molecule has 0 bridgehead atoms. The predicted octanol–water partition coefficient (Wildman–Crippen LogP) is -0.325. The number of aromatic nitrogens is 2. The number of carbonyl (C=O) groups excluding carboxylic acids is 1. The molecule has 11 nitrogen and oxygen atoms in total. The van der Waals surface area contributed by atoms with Gasteiger partial charge in [0.05, 0.1) is 12.6 Å². The molecule has 0 aromatic carbocycles. The molecular weight excluding hydrogens is 322 g/mol. The van der Waals surface area contributed by atoms with Gasteiger partial charge in [-0.3, -0.25) is 19.1 Å². The van der Waals surface area contributed by atoms with Crippen LogP contribution in [0.15, 0.2) is 27.0 Å². The Hall–Kier alpha value is -2.62. The Balaban J connectivity index is 2.42. The van der Waals surface area contributed by atoms with Crippen LogP contribution >= 0.6 is 0 Å². The molecule has 1 aromatic heterocycles. The summed E-state index contributed by atoms with van der Waals surface area (Å²) in [5.74, 6) is -1.06. The van der Waals surface area contributed by atoms with E-state index in [-0.39, 0.29) is 19.6 Å². The van der Waals surface area contributed by atoms with Crippen LogP contribution in [0.4, 0.5) is 0 Å². The highest BCUT2D eigenvalue weighted by Crippen LogP contribution is 2.37. The Labute approximate surface area is 135 Å². The zero-order valence-corrected chi connectivity index (χ0v) is 12.9. The van der Waals surface area contributed by atoms with Crippen molar-refractivity contribution in [2.45, 2.75) is 31.8 Å². The molecule has 1 aliphatic rings. The molecule has 2 N–H and O–H groups in total. The molecule has 0 unspecified atom stereocenters. The highest BCUT2D eigenvalue weighted by molar-refractivity contribution is 5.66. The van der Waals surface area contributed by atoms with Crippen LogP contribution in [0.2, 0.25) is 0 Å². The molecule has 1 aromatic rings. The summed E-state index contributed by atoms with van der Waals surface area (Å²) in [7, 11) is 0. The largest absolute Gasteiger partial charge is 0.457 e. The van der Waals surface area contributed by atoms with Gasteiger partial charge in [0.2, 0.25) is 0 Å². The van der Waals surface area contributed by atoms with E-state index in [4.69, 9.17) is 15.0 Å². The number of hydrogen-bond acceptors (Lipinski definition) is 7. The number of ether oxygens (including phenoxy) is 2. The van der Waals surface area contributed by atoms with Crippen LogP contribution in [0.25, 0.3) is 10.4 Å². The summed E-state index contributed by atoms with van der Waals surface area (Å²) in [4.78, 5) is 39.4. The first-order chi connectivity index (χ1) is 11.5. The van der Waals surface area contributed by atoms with Gasteiger partial charge in [0, 0.05) is 36.6 Å². The fourth-order valence-corrected chi connectivity index (χ4v) is 2.76. The number of rotatable bonds is 6. The van der Waals surface area contributed by atoms with Gasteiger partial charge in [0.15, 0.2) is 12.3 Å². The molecule has 0 spiro atoms. The summed E-state index contributed by atoms with van der Waals surface area (Å²) < 4.78 is 12.1. The predicted molar refractivity (Wildman–Crippen MR) is 80.0 cm³/mol. The monoisotopic (exact) mass is 339 g/mol. The molecule has 1 saturated heterocycles. The maximum absolute atomic E-state index is 12.0. The SMILES string of the molecule is CC(=O)O[C@@H]1[C@H](CCO)[C@@H](CN=[N+]=[N-])O[C@H]1n1ccc(=O)[nH]c1=O. The van der Waals surface area contributed by atoms with Gasteiger partial charge in [-0.15, -0.1) is 0 Å². The van der Waals surface area contributed by atoms with Crippen molar-refractivity contribution in [3.8, 4) is 0 Å². The highest BCUT2D eigenvalue weighted by Gasteiger charge is 2.47. The molecule has 24 heavy (non-hydrogen) atoms. The van der Waals surface area contributed by atoms with Crippen molar-refractivity contribution in [1.82, 2.24) is 9.55 Å². The highest BCUT2D eigenvalue weighted by atomic mass is 16.6. The number of nitrogens with one attached hydrogen (secondary N) is 1. The van der Waals surface area contributed by atoms with Crippen molar-refractivity contribution in [3.63, 3.8) is 0 Å². The Morgan fingerprint density at radius 3 is 2.92 bits per heavy atom. The number of esters is 1. The number of H-pyrrole nitrogens is 1. The first-order valence-corrected chi connectivity index (χ1v) is 7.23. The summed E-state index contributed by atoms with van der Waals surface area (Å²) in [5.41, 5.74) is 7.19. The molecule has 11 heteroatoms. The number of hydrogen-bond donors (Lipinski definition) is 2. The van der Waals surface area contributed by atoms with E-state index in [0.717, 1.165) is 10.6 Å². The fraction of sp³-hybridized carbons (Fsp3) is 0.615. The number of aliphatic hydroxyl groups is 1. The van der Waals surface area contributed by atoms with Crippen molar-refractivity contribution in [3.05, 3.63) is 43.5 Å². The van der Waals surface area contributed by atoms with Crippen molar-refractivity contribution in [2.75, 3.05) is 13.2 Å². The van der Waals surface area contributed by atoms with Crippen LogP contribution < -0.4 is 11.2 Å². The number of aliphatic hydroxyl groups excluding tert-OH is 1. The average Bonchev–Trinajstić information content (AvgIpc) is 2.83. The van der Waals surface area contributed by atoms with Gasteiger partial charge >= 0.3 is 11.7 Å². The van der Waals surface area contributed by atoms with E-state index in [0.29, 0.717) is 0 Å². The lowest BCUT2D eigenvalue weighted by Crippen LogP contribution is -2.38. The van der Waals surface area contributed by atoms with Gasteiger partial charge in [-0.1, -0.05) is 5.11 Å². The van der Waals surface area contributed by atoms with Crippen LogP contribution in [-0.4, -0.2) is 46.0 Å². The van der Waals surface area contributed by atoms with Crippen molar-refractivity contribution < 1.29 is 19.4 Å². The van der Waals surface area contributed by atoms with E-state index in [1.165, 1.54) is 13.1 Å². The van der Waals surface area contributed by atoms with Crippen LogP contribution in [-0.2, 0) is 14.3 Å². The van der Waals surface area contributed by atoms with Crippen LogP contribution in [0.1, 0.15) is 19.6 Å². The Morgan fingerprint density at radius 1 is 1.58 bits per heavy atom. The second kappa shape index (κ2) is 7.77. The van der Waals surface area contributed by atoms with Gasteiger partial charge in [0.25, 0.3) is 5.56 Å². The first-order valence-electron chi connectivity index (χ1n) is 7.23. The van der Waals surface area contributed by atoms with Crippen molar-refractivity contribution >= 4 is 5.97 Å². The minimum absolute atomic E-state index is 0.0481. The van der Waals surface area contributed by atoms with Crippen LogP contribution in [0, 0.1) is 5.92 Å². The maximum atomic E-state index is 12.0. The van der Waals surface area contributed by atoms with Gasteiger partial charge in [-0.2, -0.15) is 0 Å². The molecule has 2 heterocycles. The van der Waals surface area contributed by atoms with Gasteiger partial charge < -0.3 is 14.6 Å². The Morgan fingerprint density at radius 2 is 2.33 bits per heavy atom. The molecule has 2 rings (SSSR count). The topological polar surface area (TPSA) is 159 Å². The third kappa shape index (κ3) is 3.82. The van der Waals surface area contributed by atoms with Gasteiger partial charge in [-0.05, 0) is 12.0 Å². The molecule has 4 atom stereocenters. The zero-order chi connectivity index (χ0) is 17.7. The summed E-state index contributed by atoms with van der Waals surface area (Å²) in [6, 6.07) is 1.14. The second-order valence-corrected chi connectivity index (χ2v) is 5.25. The lowest BCUT2D eigenvalue weighted by molar-refractivity contribution is -0.154. The Bertz CT molecular complexity index is 752. The van der Waals surface area contributed by atoms with E-state index in [1.807, 2.05) is 0 Å². The molecule has 0 saturated carbocycles. The summed E-state index contributed by atoms with van der Waals surface area (Å²) in [6.07, 6.45) is -1.08. The van der Waals surface area contributed by atoms with Crippen LogP contribution in [0.5, 0.6) is 0 Å². The summed E-state index contributed by atoms with van der Waals surface area (Å²) in [5, 5.41) is 12.7. The Kier molecular flexibility index (Phi) is 5.74. The lowest BCUT2D eigenvalue weighted by Gasteiger charge is -2.23. The summed E-state index contributed by atoms with van der Waals surface area (Å²) in [6.45, 7) is 0.961. The van der Waals surface area contributed by atoms with Crippen LogP contribution in [0.3, 0.4) is 0 Å². The van der Waals surface area contributed by atoms with E-state index >= 15 is 0 Å². The van der Waals surface area contributed by atoms with E-state index in [2.05, 4.69) is 15.0 Å². The normalized spacial score (nSPS) is 25.9. The summed E-state index contributed by atoms with van der Waals surface area (Å²) >= 11 is 0. The zero-order valence-electron chi connectivity index (χ0n) is 12.9. The molecule has 130 valence electrons.